The zero-order valence-electron chi connectivity index (χ0n) is 15.1. The molecule has 0 spiro atoms. The van der Waals surface area contributed by atoms with Gasteiger partial charge in [-0.05, 0) is 36.8 Å². The van der Waals surface area contributed by atoms with Crippen molar-refractivity contribution in [2.24, 2.45) is 0 Å². The van der Waals surface area contributed by atoms with Gasteiger partial charge in [0.15, 0.2) is 19.7 Å². The Hall–Kier alpha value is -2.06. The molecular formula is C18H24N2O4S2. The minimum atomic E-state index is -3.55. The van der Waals surface area contributed by atoms with E-state index in [9.17, 15) is 16.8 Å². The van der Waals surface area contributed by atoms with E-state index in [1.54, 1.807) is 0 Å². The Morgan fingerprint density at radius 1 is 0.923 bits per heavy atom. The first kappa shape index (κ1) is 20.3. The second-order valence-corrected chi connectivity index (χ2v) is 10.2. The number of rotatable bonds is 8. The number of anilines is 2. The molecule has 0 aromatic heterocycles. The molecule has 0 heterocycles. The molecule has 0 fully saturated rings. The molecule has 8 heteroatoms. The van der Waals surface area contributed by atoms with Gasteiger partial charge in [-0.2, -0.15) is 0 Å². The van der Waals surface area contributed by atoms with Crippen LogP contribution in [0.5, 0.6) is 0 Å². The lowest BCUT2D eigenvalue weighted by molar-refractivity contribution is 0.600. The van der Waals surface area contributed by atoms with Crippen molar-refractivity contribution in [3.8, 4) is 0 Å². The topological polar surface area (TPSA) is 83.6 Å². The summed E-state index contributed by atoms with van der Waals surface area (Å²) in [6.45, 7) is 1.37. The second-order valence-electron chi connectivity index (χ2n) is 6.24. The zero-order chi connectivity index (χ0) is 19.4. The van der Waals surface area contributed by atoms with Gasteiger partial charge in [0.25, 0.3) is 0 Å². The maximum absolute atomic E-state index is 12.0. The molecule has 0 amide bonds. The van der Waals surface area contributed by atoms with E-state index in [4.69, 9.17) is 0 Å². The standard InChI is InChI=1S/C18H24N2O4S2/c1-20(15-8-5-4-6-9-15)13-7-12-19-17-11-10-16(25(2,21)22)14-18(17)26(3,23)24/h4-6,8-11,14,19H,7,12-13H2,1-3H3. The first-order valence-corrected chi connectivity index (χ1v) is 11.9. The lowest BCUT2D eigenvalue weighted by Gasteiger charge is -2.19. The van der Waals surface area contributed by atoms with Crippen molar-refractivity contribution in [2.75, 3.05) is 42.9 Å². The van der Waals surface area contributed by atoms with Crippen LogP contribution < -0.4 is 10.2 Å². The van der Waals surface area contributed by atoms with E-state index in [0.29, 0.717) is 12.2 Å². The van der Waals surface area contributed by atoms with Gasteiger partial charge in [-0.3, -0.25) is 0 Å². The van der Waals surface area contributed by atoms with E-state index in [-0.39, 0.29) is 9.79 Å². The Labute approximate surface area is 155 Å². The number of hydrogen-bond acceptors (Lipinski definition) is 6. The van der Waals surface area contributed by atoms with Crippen LogP contribution in [0, 0.1) is 0 Å². The summed E-state index contributed by atoms with van der Waals surface area (Å²) in [7, 11) is -5.02. The fourth-order valence-corrected chi connectivity index (χ4v) is 4.14. The van der Waals surface area contributed by atoms with Crippen molar-refractivity contribution in [2.45, 2.75) is 16.2 Å². The van der Waals surface area contributed by atoms with Crippen LogP contribution in [0.15, 0.2) is 58.3 Å². The first-order chi connectivity index (χ1) is 12.1. The minimum Gasteiger partial charge on any atom is -0.384 e. The summed E-state index contributed by atoms with van der Waals surface area (Å²) in [6.07, 6.45) is 2.92. The minimum absolute atomic E-state index is 0.00293. The largest absolute Gasteiger partial charge is 0.384 e. The molecule has 0 aliphatic heterocycles. The van der Waals surface area contributed by atoms with Crippen molar-refractivity contribution in [3.63, 3.8) is 0 Å². The molecule has 0 unspecified atom stereocenters. The summed E-state index contributed by atoms with van der Waals surface area (Å²) in [5, 5.41) is 3.10. The van der Waals surface area contributed by atoms with Gasteiger partial charge in [0.2, 0.25) is 0 Å². The summed E-state index contributed by atoms with van der Waals surface area (Å²) in [6, 6.07) is 14.1. The SMILES string of the molecule is CN(CCCNc1ccc(S(C)(=O)=O)cc1S(C)(=O)=O)c1ccccc1. The predicted octanol–water partition coefficient (Wildman–Crippen LogP) is 2.43. The van der Waals surface area contributed by atoms with Gasteiger partial charge in [-0.25, -0.2) is 16.8 Å². The molecule has 0 atom stereocenters. The van der Waals surface area contributed by atoms with E-state index in [2.05, 4.69) is 10.2 Å². The van der Waals surface area contributed by atoms with Crippen molar-refractivity contribution in [3.05, 3.63) is 48.5 Å². The van der Waals surface area contributed by atoms with Crippen LogP contribution in [0.4, 0.5) is 11.4 Å². The van der Waals surface area contributed by atoms with Crippen molar-refractivity contribution in [1.82, 2.24) is 0 Å². The molecular weight excluding hydrogens is 372 g/mol. The van der Waals surface area contributed by atoms with Crippen molar-refractivity contribution >= 4 is 31.0 Å². The van der Waals surface area contributed by atoms with E-state index >= 15 is 0 Å². The Morgan fingerprint density at radius 2 is 1.58 bits per heavy atom. The van der Waals surface area contributed by atoms with E-state index in [0.717, 1.165) is 31.2 Å². The van der Waals surface area contributed by atoms with E-state index in [1.807, 2.05) is 37.4 Å². The van der Waals surface area contributed by atoms with Crippen LogP contribution in [-0.2, 0) is 19.7 Å². The highest BCUT2D eigenvalue weighted by molar-refractivity contribution is 7.91. The third kappa shape index (κ3) is 5.47. The fraction of sp³-hybridized carbons (Fsp3) is 0.333. The van der Waals surface area contributed by atoms with Crippen LogP contribution in [0.2, 0.25) is 0 Å². The number of benzene rings is 2. The second kappa shape index (κ2) is 8.09. The van der Waals surface area contributed by atoms with Crippen molar-refractivity contribution in [1.29, 1.82) is 0 Å². The maximum atomic E-state index is 12.0. The molecule has 0 bridgehead atoms. The monoisotopic (exact) mass is 396 g/mol. The Balaban J connectivity index is 2.05. The average Bonchev–Trinajstić information content (AvgIpc) is 2.57. The van der Waals surface area contributed by atoms with Gasteiger partial charge in [-0.1, -0.05) is 18.2 Å². The van der Waals surface area contributed by atoms with Crippen LogP contribution in [-0.4, -0.2) is 49.5 Å². The van der Waals surface area contributed by atoms with Gasteiger partial charge in [0, 0.05) is 38.3 Å². The van der Waals surface area contributed by atoms with Gasteiger partial charge >= 0.3 is 0 Å². The molecule has 0 saturated carbocycles. The number of sulfone groups is 2. The molecule has 0 aliphatic rings. The van der Waals surface area contributed by atoms with E-state index in [1.165, 1.54) is 18.2 Å². The fourth-order valence-electron chi connectivity index (χ4n) is 2.54. The number of nitrogens with one attached hydrogen (secondary N) is 1. The molecule has 0 aliphatic carbocycles. The Kier molecular flexibility index (Phi) is 6.30. The molecule has 1 N–H and O–H groups in total. The summed E-state index contributed by atoms with van der Waals surface area (Å²) >= 11 is 0. The molecule has 2 rings (SSSR count). The van der Waals surface area contributed by atoms with Crippen LogP contribution in [0.3, 0.4) is 0 Å². The highest BCUT2D eigenvalue weighted by Gasteiger charge is 2.17. The first-order valence-electron chi connectivity index (χ1n) is 8.13. The normalized spacial score (nSPS) is 12.0. The number of para-hydroxylation sites is 1. The van der Waals surface area contributed by atoms with E-state index < -0.39 is 19.7 Å². The molecule has 26 heavy (non-hydrogen) atoms. The third-order valence-corrected chi connectivity index (χ3v) is 6.21. The van der Waals surface area contributed by atoms with Crippen LogP contribution >= 0.6 is 0 Å². The zero-order valence-corrected chi connectivity index (χ0v) is 16.8. The quantitative estimate of drug-likeness (QED) is 0.690. The lowest BCUT2D eigenvalue weighted by Crippen LogP contribution is -2.21. The molecule has 2 aromatic rings. The molecule has 0 radical (unpaired) electrons. The van der Waals surface area contributed by atoms with Crippen LogP contribution in [0.1, 0.15) is 6.42 Å². The Bertz CT molecular complexity index is 956. The highest BCUT2D eigenvalue weighted by atomic mass is 32.2. The van der Waals surface area contributed by atoms with Crippen molar-refractivity contribution < 1.29 is 16.8 Å². The lowest BCUT2D eigenvalue weighted by atomic mass is 10.2. The molecule has 2 aromatic carbocycles. The Morgan fingerprint density at radius 3 is 2.15 bits per heavy atom. The van der Waals surface area contributed by atoms with Crippen LogP contribution in [0.25, 0.3) is 0 Å². The molecule has 6 nitrogen and oxygen atoms in total. The summed E-state index contributed by atoms with van der Waals surface area (Å²) in [5.41, 5.74) is 1.53. The number of hydrogen-bond donors (Lipinski definition) is 1. The number of nitrogens with zero attached hydrogens (tertiary/aromatic N) is 1. The summed E-state index contributed by atoms with van der Waals surface area (Å²) in [4.78, 5) is 2.11. The predicted molar refractivity (Wildman–Crippen MR) is 105 cm³/mol. The van der Waals surface area contributed by atoms with Gasteiger partial charge in [0.05, 0.1) is 15.5 Å². The van der Waals surface area contributed by atoms with Gasteiger partial charge < -0.3 is 10.2 Å². The summed E-state index contributed by atoms with van der Waals surface area (Å²) in [5.74, 6) is 0. The third-order valence-electron chi connectivity index (χ3n) is 3.96. The molecule has 0 saturated heterocycles. The van der Waals surface area contributed by atoms with Gasteiger partial charge in [0.1, 0.15) is 0 Å². The smallest absolute Gasteiger partial charge is 0.177 e. The van der Waals surface area contributed by atoms with Gasteiger partial charge in [-0.15, -0.1) is 0 Å². The summed E-state index contributed by atoms with van der Waals surface area (Å²) < 4.78 is 47.4. The highest BCUT2D eigenvalue weighted by Crippen LogP contribution is 2.25. The maximum Gasteiger partial charge on any atom is 0.177 e. The molecule has 142 valence electrons. The average molecular weight is 397 g/mol.